The highest BCUT2D eigenvalue weighted by molar-refractivity contribution is 6.10. The number of aromatic nitrogens is 3. The van der Waals surface area contributed by atoms with Gasteiger partial charge >= 0.3 is 18.3 Å². The minimum Gasteiger partial charge on any atom is -0.505 e. The van der Waals surface area contributed by atoms with E-state index in [1.54, 1.807) is 14.0 Å². The Labute approximate surface area is 299 Å². The molecule has 0 unspecified atom stereocenters. The van der Waals surface area contributed by atoms with E-state index < -0.39 is 69.8 Å². The number of carbonyl (C=O) groups excluding carboxylic acids is 2. The Morgan fingerprint density at radius 1 is 1.04 bits per heavy atom. The van der Waals surface area contributed by atoms with Crippen LogP contribution in [0, 0.1) is 18.6 Å². The van der Waals surface area contributed by atoms with E-state index in [4.69, 9.17) is 14.6 Å². The quantitative estimate of drug-likeness (QED) is 0.0791. The standard InChI is InChI=1S/C33H28F5N5O4.C2HF3O2/c1-17-20-14-21(33(36,37)38)27(31(46)28(20)41-42(17)3)19-6-5-11-43-24(19)8-9-25(43)30(45)18-12-22(34)29(23(35)13-18)40-26(44)7-4-10-39-32(2)15-47-16-32;3-2(4,5)1(6)7/h4-9,11-14,39,46H,10,15-16H2,1-3H3,(H,40,44);(H,6,7)/b7-4+;. The second-order valence-electron chi connectivity index (χ2n) is 12.4. The van der Waals surface area contributed by atoms with Gasteiger partial charge in [0.15, 0.2) is 5.75 Å². The summed E-state index contributed by atoms with van der Waals surface area (Å²) in [5.41, 5.74) is -2.62. The number of aliphatic carboxylic acids is 1. The molecule has 54 heavy (non-hydrogen) atoms. The van der Waals surface area contributed by atoms with Crippen molar-refractivity contribution in [2.45, 2.75) is 31.7 Å². The molecule has 1 fully saturated rings. The number of hydrogen-bond acceptors (Lipinski definition) is 7. The fourth-order valence-corrected chi connectivity index (χ4v) is 5.58. The van der Waals surface area contributed by atoms with Gasteiger partial charge in [0.05, 0.1) is 35.5 Å². The van der Waals surface area contributed by atoms with Crippen molar-refractivity contribution in [2.75, 3.05) is 25.1 Å². The molecule has 286 valence electrons. The van der Waals surface area contributed by atoms with E-state index in [-0.39, 0.29) is 33.2 Å². The highest BCUT2D eigenvalue weighted by Crippen LogP contribution is 2.47. The number of alkyl halides is 6. The first-order valence-electron chi connectivity index (χ1n) is 15.6. The van der Waals surface area contributed by atoms with Gasteiger partial charge in [-0.15, -0.1) is 0 Å². The number of benzene rings is 2. The van der Waals surface area contributed by atoms with Gasteiger partial charge in [0.2, 0.25) is 11.7 Å². The third-order valence-corrected chi connectivity index (χ3v) is 8.45. The monoisotopic (exact) mass is 767 g/mol. The molecule has 3 aromatic heterocycles. The van der Waals surface area contributed by atoms with Crippen molar-refractivity contribution in [1.82, 2.24) is 19.5 Å². The molecule has 11 nitrogen and oxygen atoms in total. The van der Waals surface area contributed by atoms with Crippen LogP contribution in [-0.2, 0) is 27.5 Å². The number of halogens is 8. The SMILES string of the molecule is Cc1c2cc(C(F)(F)F)c(-c3cccn4c(C(=O)c5cc(F)c(NC(=O)/C=C/CNC6(C)COC6)c(F)c5)ccc34)c(O)c2nn1C.O=C(O)C(F)(F)F. The van der Waals surface area contributed by atoms with Crippen LogP contribution in [0.4, 0.5) is 40.8 Å². The van der Waals surface area contributed by atoms with Crippen LogP contribution in [0.2, 0.25) is 0 Å². The Morgan fingerprint density at radius 3 is 2.22 bits per heavy atom. The van der Waals surface area contributed by atoms with Crippen molar-refractivity contribution in [1.29, 1.82) is 0 Å². The number of fused-ring (bicyclic) bond motifs is 2. The molecule has 5 aromatic rings. The predicted octanol–water partition coefficient (Wildman–Crippen LogP) is 6.54. The van der Waals surface area contributed by atoms with Crippen LogP contribution in [0.5, 0.6) is 5.75 Å². The molecule has 0 radical (unpaired) electrons. The Balaban J connectivity index is 0.000000730. The van der Waals surface area contributed by atoms with Crippen LogP contribution in [0.25, 0.3) is 27.5 Å². The second-order valence-corrected chi connectivity index (χ2v) is 12.4. The first-order valence-corrected chi connectivity index (χ1v) is 15.6. The Morgan fingerprint density at radius 2 is 1.67 bits per heavy atom. The number of nitrogens with zero attached hydrogens (tertiary/aromatic N) is 3. The van der Waals surface area contributed by atoms with Gasteiger partial charge in [-0.2, -0.15) is 31.4 Å². The summed E-state index contributed by atoms with van der Waals surface area (Å²) >= 11 is 0. The molecule has 0 saturated carbocycles. The fraction of sp³-hybridized carbons (Fsp3) is 0.257. The zero-order valence-electron chi connectivity index (χ0n) is 28.3. The maximum atomic E-state index is 15.0. The average molecular weight is 768 g/mol. The largest absolute Gasteiger partial charge is 0.505 e. The fourth-order valence-electron chi connectivity index (χ4n) is 5.58. The van der Waals surface area contributed by atoms with E-state index >= 15 is 8.78 Å². The first kappa shape index (κ1) is 39.4. The van der Waals surface area contributed by atoms with E-state index in [1.807, 2.05) is 6.92 Å². The maximum absolute atomic E-state index is 15.0. The van der Waals surface area contributed by atoms with Gasteiger partial charge in [0, 0.05) is 53.6 Å². The number of ketones is 1. The van der Waals surface area contributed by atoms with Crippen molar-refractivity contribution < 1.29 is 64.5 Å². The molecule has 0 atom stereocenters. The normalized spacial score (nSPS) is 14.2. The summed E-state index contributed by atoms with van der Waals surface area (Å²) in [5.74, 6) is -7.47. The van der Waals surface area contributed by atoms with Crippen LogP contribution in [0.3, 0.4) is 0 Å². The number of phenolic OH excluding ortho intramolecular Hbond substituents is 1. The highest BCUT2D eigenvalue weighted by Gasteiger charge is 2.39. The number of amides is 1. The lowest BCUT2D eigenvalue weighted by molar-refractivity contribution is -0.192. The van der Waals surface area contributed by atoms with Crippen molar-refractivity contribution in [3.8, 4) is 16.9 Å². The van der Waals surface area contributed by atoms with Crippen molar-refractivity contribution in [3.63, 3.8) is 0 Å². The van der Waals surface area contributed by atoms with Gasteiger partial charge in [0.25, 0.3) is 0 Å². The highest BCUT2D eigenvalue weighted by atomic mass is 19.4. The molecular formula is C35H29F8N5O6. The molecule has 0 bridgehead atoms. The van der Waals surface area contributed by atoms with Crippen LogP contribution in [0.15, 0.2) is 60.8 Å². The topological polar surface area (TPSA) is 147 Å². The van der Waals surface area contributed by atoms with Gasteiger partial charge in [-0.3, -0.25) is 14.3 Å². The molecule has 1 amide bonds. The number of aromatic hydroxyl groups is 1. The molecule has 1 aliphatic rings. The number of ether oxygens (including phenoxy) is 1. The van der Waals surface area contributed by atoms with Crippen molar-refractivity contribution >= 4 is 39.8 Å². The molecule has 6 rings (SSSR count). The van der Waals surface area contributed by atoms with Crippen molar-refractivity contribution in [3.05, 3.63) is 95.0 Å². The Hall–Kier alpha value is -5.82. The van der Waals surface area contributed by atoms with Gasteiger partial charge in [-0.1, -0.05) is 12.1 Å². The third-order valence-electron chi connectivity index (χ3n) is 8.45. The third kappa shape index (κ3) is 7.91. The lowest BCUT2D eigenvalue weighted by Crippen LogP contribution is -2.58. The molecule has 19 heteroatoms. The number of hydrogen-bond donors (Lipinski definition) is 4. The van der Waals surface area contributed by atoms with Gasteiger partial charge in [-0.25, -0.2) is 13.6 Å². The number of rotatable bonds is 8. The number of carbonyl (C=O) groups is 3. The molecule has 0 aliphatic carbocycles. The van der Waals surface area contributed by atoms with Crippen LogP contribution < -0.4 is 10.6 Å². The average Bonchev–Trinajstić information content (AvgIpc) is 3.63. The zero-order valence-corrected chi connectivity index (χ0v) is 28.3. The summed E-state index contributed by atoms with van der Waals surface area (Å²) in [6.45, 7) is 4.91. The molecule has 1 aliphatic heterocycles. The Bertz CT molecular complexity index is 2300. The van der Waals surface area contributed by atoms with E-state index in [0.29, 0.717) is 25.5 Å². The van der Waals surface area contributed by atoms with Crippen LogP contribution in [0.1, 0.15) is 34.2 Å². The first-order chi connectivity index (χ1) is 25.1. The molecular weight excluding hydrogens is 738 g/mol. The lowest BCUT2D eigenvalue weighted by Gasteiger charge is -2.38. The number of carboxylic acid groups (broad SMARTS) is 1. The molecule has 4 heterocycles. The summed E-state index contributed by atoms with van der Waals surface area (Å²) < 4.78 is 113. The van der Waals surface area contributed by atoms with Gasteiger partial charge < -0.3 is 30.0 Å². The lowest BCUT2D eigenvalue weighted by atomic mass is 9.95. The number of carboxylic acids is 1. The van der Waals surface area contributed by atoms with Gasteiger partial charge in [0.1, 0.15) is 22.8 Å². The molecule has 1 saturated heterocycles. The summed E-state index contributed by atoms with van der Waals surface area (Å²) in [7, 11) is 1.54. The number of aryl methyl sites for hydroxylation is 2. The maximum Gasteiger partial charge on any atom is 0.490 e. The van der Waals surface area contributed by atoms with Gasteiger partial charge in [-0.05, 0) is 50.2 Å². The predicted molar refractivity (Wildman–Crippen MR) is 177 cm³/mol. The number of nitrogens with one attached hydrogen (secondary N) is 2. The minimum atomic E-state index is -5.08. The summed E-state index contributed by atoms with van der Waals surface area (Å²) in [6.07, 6.45) is -5.93. The molecule has 0 spiro atoms. The minimum absolute atomic E-state index is 0.0266. The second kappa shape index (κ2) is 14.5. The molecule has 2 aromatic carbocycles. The van der Waals surface area contributed by atoms with Crippen LogP contribution in [-0.4, -0.2) is 73.5 Å². The van der Waals surface area contributed by atoms with E-state index in [9.17, 15) is 41.0 Å². The zero-order chi connectivity index (χ0) is 39.9. The van der Waals surface area contributed by atoms with E-state index in [0.717, 1.165) is 24.3 Å². The summed E-state index contributed by atoms with van der Waals surface area (Å²) in [6, 6.07) is 7.87. The summed E-state index contributed by atoms with van der Waals surface area (Å²) in [4.78, 5) is 34.7. The van der Waals surface area contributed by atoms with Crippen LogP contribution >= 0.6 is 0 Å². The Kier molecular flexibility index (Phi) is 10.6. The van der Waals surface area contributed by atoms with E-state index in [2.05, 4.69) is 15.7 Å². The number of anilines is 1. The van der Waals surface area contributed by atoms with E-state index in [1.165, 1.54) is 45.6 Å². The molecule has 4 N–H and O–H groups in total. The number of pyridine rings is 1. The van der Waals surface area contributed by atoms with Crippen molar-refractivity contribution in [2.24, 2.45) is 7.05 Å². The smallest absolute Gasteiger partial charge is 0.490 e. The summed E-state index contributed by atoms with van der Waals surface area (Å²) in [5, 5.41) is 27.9. The number of phenols is 1.